The van der Waals surface area contributed by atoms with Crippen LogP contribution in [0.2, 0.25) is 5.02 Å². The number of rotatable bonds is 7. The largest absolute Gasteiger partial charge is 0.508 e. The summed E-state index contributed by atoms with van der Waals surface area (Å²) in [6.07, 6.45) is -4.19. The molecule has 0 aliphatic rings. The van der Waals surface area contributed by atoms with E-state index in [4.69, 9.17) is 11.6 Å². The predicted molar refractivity (Wildman–Crippen MR) is 119 cm³/mol. The van der Waals surface area contributed by atoms with Crippen LogP contribution in [0.1, 0.15) is 27.0 Å². The first-order chi connectivity index (χ1) is 15.2. The van der Waals surface area contributed by atoms with Gasteiger partial charge >= 0.3 is 6.18 Å². The smallest absolute Gasteiger partial charge is 0.416 e. The number of alkyl halides is 3. The number of benzene rings is 3. The van der Waals surface area contributed by atoms with Crippen LogP contribution in [0.5, 0.6) is 5.75 Å². The van der Waals surface area contributed by atoms with Gasteiger partial charge in [-0.1, -0.05) is 41.9 Å². The van der Waals surface area contributed by atoms with Crippen LogP contribution >= 0.6 is 11.6 Å². The maximum Gasteiger partial charge on any atom is 0.416 e. The summed E-state index contributed by atoms with van der Waals surface area (Å²) < 4.78 is 39.2. The van der Waals surface area contributed by atoms with Crippen LogP contribution in [0.15, 0.2) is 66.7 Å². The van der Waals surface area contributed by atoms with Crippen LogP contribution in [0.4, 0.5) is 18.9 Å². The number of halogens is 4. The molecule has 0 aliphatic heterocycles. The summed E-state index contributed by atoms with van der Waals surface area (Å²) in [5.41, 5.74) is 1.48. The van der Waals surface area contributed by atoms with Crippen LogP contribution in [0.3, 0.4) is 0 Å². The zero-order valence-corrected chi connectivity index (χ0v) is 18.0. The molecule has 3 aromatic rings. The van der Waals surface area contributed by atoms with Gasteiger partial charge in [-0.15, -0.1) is 0 Å². The Balaban J connectivity index is 1.88. The average molecular weight is 463 g/mol. The second-order valence-electron chi connectivity index (χ2n) is 7.28. The lowest BCUT2D eigenvalue weighted by atomic mass is 10.1. The molecule has 4 nitrogen and oxygen atoms in total. The fourth-order valence-corrected chi connectivity index (χ4v) is 3.50. The summed E-state index contributed by atoms with van der Waals surface area (Å²) in [7, 11) is 1.69. The normalized spacial score (nSPS) is 11.3. The molecule has 168 valence electrons. The molecule has 3 rings (SSSR count). The van der Waals surface area contributed by atoms with Gasteiger partial charge in [0.2, 0.25) is 0 Å². The van der Waals surface area contributed by atoms with E-state index in [1.165, 1.54) is 18.2 Å². The maximum absolute atomic E-state index is 13.4. The van der Waals surface area contributed by atoms with E-state index in [0.717, 1.165) is 17.7 Å². The third-order valence-corrected chi connectivity index (χ3v) is 5.24. The molecule has 8 heteroatoms. The Labute approximate surface area is 189 Å². The Bertz CT molecular complexity index is 1090. The number of carbonyl (C=O) groups is 1. The lowest BCUT2D eigenvalue weighted by Crippen LogP contribution is -2.33. The number of carbonyl (C=O) groups excluding carboxylic acids is 1. The zero-order chi connectivity index (χ0) is 23.3. The molecule has 0 atom stereocenters. The monoisotopic (exact) mass is 462 g/mol. The first-order valence-corrected chi connectivity index (χ1v) is 10.3. The molecular weight excluding hydrogens is 441 g/mol. The van der Waals surface area contributed by atoms with Gasteiger partial charge in [0.05, 0.1) is 11.1 Å². The highest BCUT2D eigenvalue weighted by atomic mass is 35.5. The van der Waals surface area contributed by atoms with Gasteiger partial charge in [-0.25, -0.2) is 0 Å². The lowest BCUT2D eigenvalue weighted by molar-refractivity contribution is -0.137. The Kier molecular flexibility index (Phi) is 7.30. The highest BCUT2D eigenvalue weighted by Crippen LogP contribution is 2.30. The van der Waals surface area contributed by atoms with E-state index in [0.29, 0.717) is 21.8 Å². The first kappa shape index (κ1) is 23.5. The minimum atomic E-state index is -4.43. The second kappa shape index (κ2) is 9.96. The van der Waals surface area contributed by atoms with Crippen molar-refractivity contribution >= 4 is 23.2 Å². The van der Waals surface area contributed by atoms with Crippen LogP contribution in [0, 0.1) is 0 Å². The highest BCUT2D eigenvalue weighted by Gasteiger charge is 2.30. The Hall–Kier alpha value is -3.19. The first-order valence-electron chi connectivity index (χ1n) is 9.88. The third-order valence-electron chi connectivity index (χ3n) is 5.00. The van der Waals surface area contributed by atoms with Crippen molar-refractivity contribution in [2.45, 2.75) is 19.1 Å². The van der Waals surface area contributed by atoms with Gasteiger partial charge < -0.3 is 15.3 Å². The molecule has 0 saturated heterocycles. The Morgan fingerprint density at radius 1 is 1.03 bits per heavy atom. The molecule has 3 aromatic carbocycles. The zero-order valence-electron chi connectivity index (χ0n) is 17.3. The summed E-state index contributed by atoms with van der Waals surface area (Å²) in [6, 6.07) is 16.4. The molecule has 0 aromatic heterocycles. The molecule has 0 saturated carbocycles. The fraction of sp³-hybridized carbons (Fsp3) is 0.208. The van der Waals surface area contributed by atoms with E-state index in [2.05, 4.69) is 5.32 Å². The Morgan fingerprint density at radius 3 is 2.41 bits per heavy atom. The standard InChI is InChI=1S/C24H22ClF3N2O2/c1-29-22-10-7-19(25)14-21(22)23(32)30(15-17-5-8-20(31)9-6-17)12-11-16-3-2-4-18(13-16)24(26,27)28/h2-10,13-14,29,31H,11-12,15H2,1H3. The van der Waals surface area contributed by atoms with Crippen molar-refractivity contribution in [2.75, 3.05) is 18.9 Å². The number of nitrogens with zero attached hydrogens (tertiary/aromatic N) is 1. The van der Waals surface area contributed by atoms with E-state index in [1.54, 1.807) is 48.3 Å². The van der Waals surface area contributed by atoms with Crippen LogP contribution in [-0.2, 0) is 19.1 Å². The topological polar surface area (TPSA) is 52.6 Å². The minimum absolute atomic E-state index is 0.0999. The van der Waals surface area contributed by atoms with Crippen LogP contribution in [0.25, 0.3) is 0 Å². The van der Waals surface area contributed by atoms with Crippen LogP contribution < -0.4 is 5.32 Å². The molecule has 0 fully saturated rings. The molecule has 32 heavy (non-hydrogen) atoms. The number of aromatic hydroxyl groups is 1. The van der Waals surface area contributed by atoms with Gasteiger partial charge in [-0.05, 0) is 53.9 Å². The molecular formula is C24H22ClF3N2O2. The van der Waals surface area contributed by atoms with Gasteiger partial charge in [0, 0.05) is 30.8 Å². The average Bonchev–Trinajstić information content (AvgIpc) is 2.77. The minimum Gasteiger partial charge on any atom is -0.508 e. The van der Waals surface area contributed by atoms with Crippen molar-refractivity contribution in [2.24, 2.45) is 0 Å². The van der Waals surface area contributed by atoms with Crippen molar-refractivity contribution < 1.29 is 23.1 Å². The van der Waals surface area contributed by atoms with Gasteiger partial charge in [-0.3, -0.25) is 4.79 Å². The van der Waals surface area contributed by atoms with E-state index < -0.39 is 11.7 Å². The van der Waals surface area contributed by atoms with Crippen molar-refractivity contribution in [1.29, 1.82) is 0 Å². The number of phenols is 1. The van der Waals surface area contributed by atoms with Crippen molar-refractivity contribution in [3.8, 4) is 5.75 Å². The molecule has 0 unspecified atom stereocenters. The third kappa shape index (κ3) is 5.95. The molecule has 2 N–H and O–H groups in total. The number of anilines is 1. The maximum atomic E-state index is 13.4. The van der Waals surface area contributed by atoms with Crippen LogP contribution in [-0.4, -0.2) is 29.5 Å². The fourth-order valence-electron chi connectivity index (χ4n) is 3.32. The summed E-state index contributed by atoms with van der Waals surface area (Å²) in [5, 5.41) is 12.9. The molecule has 1 amide bonds. The van der Waals surface area contributed by atoms with Crippen molar-refractivity contribution in [3.05, 3.63) is 94.0 Å². The number of hydrogen-bond donors (Lipinski definition) is 2. The number of hydrogen-bond acceptors (Lipinski definition) is 3. The number of amides is 1. The van der Waals surface area contributed by atoms with E-state index >= 15 is 0 Å². The summed E-state index contributed by atoms with van der Waals surface area (Å²) in [4.78, 5) is 14.9. The molecule has 0 bridgehead atoms. The highest BCUT2D eigenvalue weighted by molar-refractivity contribution is 6.31. The second-order valence-corrected chi connectivity index (χ2v) is 7.72. The van der Waals surface area contributed by atoms with E-state index in [9.17, 15) is 23.1 Å². The van der Waals surface area contributed by atoms with Gasteiger partial charge in [0.15, 0.2) is 0 Å². The Morgan fingerprint density at radius 2 is 1.75 bits per heavy atom. The summed E-state index contributed by atoms with van der Waals surface area (Å²) in [6.45, 7) is 0.407. The van der Waals surface area contributed by atoms with Gasteiger partial charge in [-0.2, -0.15) is 13.2 Å². The molecule has 0 radical (unpaired) electrons. The van der Waals surface area contributed by atoms with Gasteiger partial charge in [0.1, 0.15) is 5.75 Å². The molecule has 0 spiro atoms. The lowest BCUT2D eigenvalue weighted by Gasteiger charge is -2.24. The summed E-state index contributed by atoms with van der Waals surface area (Å²) >= 11 is 6.10. The van der Waals surface area contributed by atoms with Crippen molar-refractivity contribution in [1.82, 2.24) is 4.90 Å². The van der Waals surface area contributed by atoms with Gasteiger partial charge in [0.25, 0.3) is 5.91 Å². The quantitative estimate of drug-likeness (QED) is 0.453. The number of phenolic OH excluding ortho intramolecular Hbond substituents is 1. The summed E-state index contributed by atoms with van der Waals surface area (Å²) in [5.74, 6) is -0.209. The van der Waals surface area contributed by atoms with E-state index in [1.807, 2.05) is 0 Å². The van der Waals surface area contributed by atoms with Crippen molar-refractivity contribution in [3.63, 3.8) is 0 Å². The molecule has 0 heterocycles. The number of nitrogens with one attached hydrogen (secondary N) is 1. The predicted octanol–water partition coefficient (Wildman–Crippen LogP) is 5.99. The molecule has 0 aliphatic carbocycles. The SMILES string of the molecule is CNc1ccc(Cl)cc1C(=O)N(CCc1cccc(C(F)(F)F)c1)Cc1ccc(O)cc1. The van der Waals surface area contributed by atoms with E-state index in [-0.39, 0.29) is 31.2 Å².